The first-order valence-corrected chi connectivity index (χ1v) is 11.7. The summed E-state index contributed by atoms with van der Waals surface area (Å²) in [5.41, 5.74) is 1.92. The molecule has 1 aliphatic heterocycles. The number of thiophene rings is 1. The van der Waals surface area contributed by atoms with E-state index in [1.807, 2.05) is 34.5 Å². The molecule has 1 aromatic heterocycles. The molecule has 33 heavy (non-hydrogen) atoms. The lowest BCUT2D eigenvalue weighted by atomic mass is 10.1. The van der Waals surface area contributed by atoms with Gasteiger partial charge in [-0.2, -0.15) is 0 Å². The number of amides is 2. The number of benzene rings is 2. The normalized spacial score (nSPS) is 13.5. The zero-order valence-electron chi connectivity index (χ0n) is 18.3. The Labute approximate surface area is 201 Å². The van der Waals surface area contributed by atoms with Crippen LogP contribution < -0.4 is 19.7 Å². The number of halogens is 1. The van der Waals surface area contributed by atoms with Crippen LogP contribution in [0.3, 0.4) is 0 Å². The van der Waals surface area contributed by atoms with Gasteiger partial charge >= 0.3 is 0 Å². The van der Waals surface area contributed by atoms with Gasteiger partial charge in [-0.25, -0.2) is 0 Å². The summed E-state index contributed by atoms with van der Waals surface area (Å²) in [6, 6.07) is 14.2. The number of methoxy groups -OCH3 is 2. The Morgan fingerprint density at radius 2 is 1.73 bits per heavy atom. The van der Waals surface area contributed by atoms with Crippen molar-refractivity contribution < 1.29 is 19.1 Å². The number of hydrogen-bond acceptors (Lipinski definition) is 6. The molecule has 0 spiro atoms. The Morgan fingerprint density at radius 1 is 0.970 bits per heavy atom. The molecule has 0 radical (unpaired) electrons. The summed E-state index contributed by atoms with van der Waals surface area (Å²) in [4.78, 5) is 30.0. The maximum atomic E-state index is 12.7. The van der Waals surface area contributed by atoms with Crippen molar-refractivity contribution >= 4 is 46.1 Å². The third-order valence-corrected chi connectivity index (χ3v) is 6.65. The number of ether oxygens (including phenoxy) is 2. The molecular weight excluding hydrogens is 462 g/mol. The van der Waals surface area contributed by atoms with E-state index in [0.29, 0.717) is 54.0 Å². The molecule has 2 heterocycles. The lowest BCUT2D eigenvalue weighted by Crippen LogP contribution is -2.48. The second-order valence-electron chi connectivity index (χ2n) is 7.45. The number of piperazine rings is 1. The average molecular weight is 486 g/mol. The molecular formula is C24H24ClN3O4S. The molecule has 0 saturated carbocycles. The van der Waals surface area contributed by atoms with Gasteiger partial charge in [0.15, 0.2) is 11.5 Å². The Bertz CT molecular complexity index is 1140. The predicted molar refractivity (Wildman–Crippen MR) is 131 cm³/mol. The van der Waals surface area contributed by atoms with Crippen LogP contribution in [0.1, 0.15) is 20.0 Å². The molecule has 1 aliphatic rings. The van der Waals surface area contributed by atoms with Gasteiger partial charge < -0.3 is 24.6 Å². The van der Waals surface area contributed by atoms with E-state index in [0.717, 1.165) is 10.6 Å². The quantitative estimate of drug-likeness (QED) is 0.551. The molecule has 1 saturated heterocycles. The molecule has 1 N–H and O–H groups in total. The molecule has 1 fully saturated rings. The summed E-state index contributed by atoms with van der Waals surface area (Å²) < 4.78 is 10.5. The minimum Gasteiger partial charge on any atom is -0.493 e. The van der Waals surface area contributed by atoms with Crippen molar-refractivity contribution in [3.05, 3.63) is 69.4 Å². The van der Waals surface area contributed by atoms with E-state index < -0.39 is 0 Å². The standard InChI is InChI=1S/C24H24ClN3O4S/c1-31-20-8-5-16(14-21(20)32-2)23(29)26-17-6-7-19(18(25)15-17)27-9-11-28(12-10-27)24(30)22-4-3-13-33-22/h3-8,13-15H,9-12H2,1-2H3,(H,26,29). The molecule has 4 rings (SSSR count). The molecule has 7 nitrogen and oxygen atoms in total. The first-order chi connectivity index (χ1) is 16.0. The number of nitrogens with one attached hydrogen (secondary N) is 1. The molecule has 9 heteroatoms. The minimum absolute atomic E-state index is 0.0731. The second kappa shape index (κ2) is 10.1. The SMILES string of the molecule is COc1ccc(C(=O)Nc2ccc(N3CCN(C(=O)c4cccs4)CC3)c(Cl)c2)cc1OC. The van der Waals surface area contributed by atoms with Gasteiger partial charge in [-0.1, -0.05) is 17.7 Å². The van der Waals surface area contributed by atoms with Crippen LogP contribution in [0.5, 0.6) is 11.5 Å². The number of nitrogens with zero attached hydrogens (tertiary/aromatic N) is 2. The van der Waals surface area contributed by atoms with E-state index in [1.54, 1.807) is 31.4 Å². The van der Waals surface area contributed by atoms with E-state index in [9.17, 15) is 9.59 Å². The fourth-order valence-corrected chi connectivity index (χ4v) is 4.72. The largest absolute Gasteiger partial charge is 0.493 e. The van der Waals surface area contributed by atoms with Crippen LogP contribution in [-0.4, -0.2) is 57.1 Å². The lowest BCUT2D eigenvalue weighted by molar-refractivity contribution is 0.0751. The van der Waals surface area contributed by atoms with E-state index in [-0.39, 0.29) is 11.8 Å². The van der Waals surface area contributed by atoms with E-state index in [1.165, 1.54) is 18.4 Å². The second-order valence-corrected chi connectivity index (χ2v) is 8.80. The fourth-order valence-electron chi connectivity index (χ4n) is 3.73. The molecule has 0 unspecified atom stereocenters. The van der Waals surface area contributed by atoms with Crippen molar-refractivity contribution in [1.82, 2.24) is 4.90 Å². The molecule has 0 aliphatic carbocycles. The first-order valence-electron chi connectivity index (χ1n) is 10.4. The highest BCUT2D eigenvalue weighted by atomic mass is 35.5. The van der Waals surface area contributed by atoms with Crippen molar-refractivity contribution in [1.29, 1.82) is 0 Å². The van der Waals surface area contributed by atoms with Crippen LogP contribution >= 0.6 is 22.9 Å². The number of hydrogen-bond donors (Lipinski definition) is 1. The third kappa shape index (κ3) is 5.07. The molecule has 2 aromatic carbocycles. The van der Waals surface area contributed by atoms with Gasteiger partial charge in [0.05, 0.1) is 29.8 Å². The van der Waals surface area contributed by atoms with Crippen molar-refractivity contribution in [3.8, 4) is 11.5 Å². The maximum Gasteiger partial charge on any atom is 0.264 e. The number of carbonyl (C=O) groups excluding carboxylic acids is 2. The van der Waals surface area contributed by atoms with Gasteiger partial charge in [0.2, 0.25) is 0 Å². The summed E-state index contributed by atoms with van der Waals surface area (Å²) in [5.74, 6) is 0.832. The Morgan fingerprint density at radius 3 is 2.36 bits per heavy atom. The molecule has 3 aromatic rings. The van der Waals surface area contributed by atoms with Crippen LogP contribution in [0.25, 0.3) is 0 Å². The Hall–Kier alpha value is -3.23. The number of anilines is 2. The Balaban J connectivity index is 1.39. The van der Waals surface area contributed by atoms with Crippen molar-refractivity contribution in [2.75, 3.05) is 50.6 Å². The molecule has 2 amide bonds. The number of carbonyl (C=O) groups is 2. The number of rotatable bonds is 6. The molecule has 172 valence electrons. The highest BCUT2D eigenvalue weighted by Gasteiger charge is 2.24. The van der Waals surface area contributed by atoms with Gasteiger partial charge in [0.1, 0.15) is 0 Å². The first kappa shape index (κ1) is 22.9. The summed E-state index contributed by atoms with van der Waals surface area (Å²) in [6.45, 7) is 2.64. The van der Waals surface area contributed by atoms with Gasteiger partial charge in [-0.15, -0.1) is 11.3 Å². The van der Waals surface area contributed by atoms with Gasteiger partial charge in [0, 0.05) is 37.4 Å². The highest BCUT2D eigenvalue weighted by Crippen LogP contribution is 2.31. The topological polar surface area (TPSA) is 71.1 Å². The smallest absolute Gasteiger partial charge is 0.264 e. The van der Waals surface area contributed by atoms with Crippen LogP contribution in [-0.2, 0) is 0 Å². The van der Waals surface area contributed by atoms with Crippen LogP contribution in [0, 0.1) is 0 Å². The lowest BCUT2D eigenvalue weighted by Gasteiger charge is -2.36. The van der Waals surface area contributed by atoms with E-state index in [4.69, 9.17) is 21.1 Å². The third-order valence-electron chi connectivity index (χ3n) is 5.49. The maximum absolute atomic E-state index is 12.7. The summed E-state index contributed by atoms with van der Waals surface area (Å²) in [6.07, 6.45) is 0. The molecule has 0 bridgehead atoms. The van der Waals surface area contributed by atoms with Crippen LogP contribution in [0.4, 0.5) is 11.4 Å². The van der Waals surface area contributed by atoms with Crippen molar-refractivity contribution in [3.63, 3.8) is 0 Å². The van der Waals surface area contributed by atoms with E-state index in [2.05, 4.69) is 10.2 Å². The fraction of sp³-hybridized carbons (Fsp3) is 0.250. The van der Waals surface area contributed by atoms with Crippen molar-refractivity contribution in [2.24, 2.45) is 0 Å². The zero-order chi connectivity index (χ0) is 23.4. The minimum atomic E-state index is -0.277. The van der Waals surface area contributed by atoms with Gasteiger partial charge in [-0.3, -0.25) is 9.59 Å². The predicted octanol–water partition coefficient (Wildman–Crippen LogP) is 4.63. The zero-order valence-corrected chi connectivity index (χ0v) is 19.9. The monoisotopic (exact) mass is 485 g/mol. The van der Waals surface area contributed by atoms with E-state index >= 15 is 0 Å². The van der Waals surface area contributed by atoms with Crippen molar-refractivity contribution in [2.45, 2.75) is 0 Å². The van der Waals surface area contributed by atoms with Gasteiger partial charge in [0.25, 0.3) is 11.8 Å². The highest BCUT2D eigenvalue weighted by molar-refractivity contribution is 7.12. The Kier molecular flexibility index (Phi) is 7.05. The molecule has 0 atom stereocenters. The summed E-state index contributed by atoms with van der Waals surface area (Å²) >= 11 is 8.01. The summed E-state index contributed by atoms with van der Waals surface area (Å²) in [5, 5.41) is 5.32. The van der Waals surface area contributed by atoms with Crippen LogP contribution in [0.15, 0.2) is 53.9 Å². The van der Waals surface area contributed by atoms with Crippen LogP contribution in [0.2, 0.25) is 5.02 Å². The summed E-state index contributed by atoms with van der Waals surface area (Å²) in [7, 11) is 3.07. The average Bonchev–Trinajstić information content (AvgIpc) is 3.38. The van der Waals surface area contributed by atoms with Gasteiger partial charge in [-0.05, 0) is 47.8 Å².